The van der Waals surface area contributed by atoms with Crippen molar-refractivity contribution >= 4 is 17.0 Å². The van der Waals surface area contributed by atoms with Crippen LogP contribution in [0.1, 0.15) is 11.1 Å². The van der Waals surface area contributed by atoms with E-state index in [0.29, 0.717) is 11.3 Å². The third-order valence-electron chi connectivity index (χ3n) is 2.68. The topological polar surface area (TPSA) is 78.7 Å². The van der Waals surface area contributed by atoms with Gasteiger partial charge in [0.1, 0.15) is 5.75 Å². The third-order valence-corrected chi connectivity index (χ3v) is 3.32. The fraction of sp³-hybridized carbons (Fsp3) is 0.143. The molecule has 2 rings (SSSR count). The third kappa shape index (κ3) is 4.37. The predicted molar refractivity (Wildman–Crippen MR) is 77.8 cm³/mol. The van der Waals surface area contributed by atoms with Crippen LogP contribution in [-0.2, 0) is 22.2 Å². The first kappa shape index (κ1) is 15.1. The van der Waals surface area contributed by atoms with E-state index in [-0.39, 0.29) is 12.3 Å². The molecule has 2 aromatic rings. The minimum Gasteiger partial charge on any atom is -0.380 e. The first-order valence-corrected chi connectivity index (χ1v) is 7.08. The van der Waals surface area contributed by atoms with Gasteiger partial charge in [-0.1, -0.05) is 29.8 Å². The van der Waals surface area contributed by atoms with Gasteiger partial charge in [0.25, 0.3) is 5.69 Å². The molecule has 0 bridgehead atoms. The maximum Gasteiger partial charge on any atom is 0.360 e. The van der Waals surface area contributed by atoms with Crippen LogP contribution in [0.5, 0.6) is 5.75 Å². The first-order chi connectivity index (χ1) is 10.1. The number of nitro benzene ring substituents is 1. The number of hydrogen-bond donors (Lipinski definition) is 0. The summed E-state index contributed by atoms with van der Waals surface area (Å²) in [5.74, 6) is 0.404. The molecule has 0 aliphatic carbocycles. The van der Waals surface area contributed by atoms with Crippen molar-refractivity contribution in [2.75, 3.05) is 0 Å². The Morgan fingerprint density at radius 1 is 1.14 bits per heavy atom. The van der Waals surface area contributed by atoms with Gasteiger partial charge in [-0.3, -0.25) is 14.3 Å². The molecule has 6 nitrogen and oxygen atoms in total. The van der Waals surface area contributed by atoms with Crippen molar-refractivity contribution in [1.29, 1.82) is 0 Å². The lowest BCUT2D eigenvalue weighted by atomic mass is 10.2. The standard InChI is InChI=1S/C14H13NO5S/c1-11-6-8-13(9-7-11)20-21(18)19-10-12-4-2-3-5-14(12)15(16)17/h2-9H,10H2,1H3. The molecular weight excluding hydrogens is 294 g/mol. The van der Waals surface area contributed by atoms with Crippen LogP contribution in [0, 0.1) is 17.0 Å². The second-order valence-corrected chi connectivity index (χ2v) is 5.06. The summed E-state index contributed by atoms with van der Waals surface area (Å²) >= 11 is -2.02. The van der Waals surface area contributed by atoms with Gasteiger partial charge in [-0.05, 0) is 25.1 Å². The Morgan fingerprint density at radius 3 is 2.48 bits per heavy atom. The molecule has 1 unspecified atom stereocenters. The van der Waals surface area contributed by atoms with Crippen molar-refractivity contribution in [2.45, 2.75) is 13.5 Å². The molecule has 0 aliphatic heterocycles. The summed E-state index contributed by atoms with van der Waals surface area (Å²) in [6, 6.07) is 13.1. The molecule has 0 aliphatic rings. The average Bonchev–Trinajstić information content (AvgIpc) is 2.48. The van der Waals surface area contributed by atoms with E-state index in [1.54, 1.807) is 30.3 Å². The molecular formula is C14H13NO5S. The summed E-state index contributed by atoms with van der Waals surface area (Å²) in [6.45, 7) is 1.75. The van der Waals surface area contributed by atoms with Crippen molar-refractivity contribution in [3.05, 3.63) is 69.8 Å². The highest BCUT2D eigenvalue weighted by atomic mass is 32.2. The van der Waals surface area contributed by atoms with Crippen LogP contribution in [0.2, 0.25) is 0 Å². The Hall–Kier alpha value is -2.25. The molecule has 0 radical (unpaired) electrons. The average molecular weight is 307 g/mol. The van der Waals surface area contributed by atoms with Crippen LogP contribution in [0.25, 0.3) is 0 Å². The largest absolute Gasteiger partial charge is 0.380 e. The van der Waals surface area contributed by atoms with Crippen LogP contribution in [0.3, 0.4) is 0 Å². The Kier molecular flexibility index (Phi) is 5.02. The Morgan fingerprint density at radius 2 is 1.81 bits per heavy atom. The minimum absolute atomic E-state index is 0.0789. The number of benzene rings is 2. The Balaban J connectivity index is 1.95. The zero-order valence-electron chi connectivity index (χ0n) is 11.2. The summed E-state index contributed by atoms with van der Waals surface area (Å²) < 4.78 is 21.7. The maximum absolute atomic E-state index is 11.6. The van der Waals surface area contributed by atoms with Crippen molar-refractivity contribution < 1.29 is 17.5 Å². The molecule has 0 saturated heterocycles. The normalized spacial score (nSPS) is 11.9. The molecule has 7 heteroatoms. The van der Waals surface area contributed by atoms with Crippen LogP contribution >= 0.6 is 0 Å². The van der Waals surface area contributed by atoms with E-state index >= 15 is 0 Å². The second kappa shape index (κ2) is 6.96. The molecule has 21 heavy (non-hydrogen) atoms. The molecule has 0 fully saturated rings. The van der Waals surface area contributed by atoms with Gasteiger partial charge in [0.15, 0.2) is 0 Å². The maximum atomic E-state index is 11.6. The van der Waals surface area contributed by atoms with E-state index in [4.69, 9.17) is 8.37 Å². The summed E-state index contributed by atoms with van der Waals surface area (Å²) in [6.07, 6.45) is 0. The van der Waals surface area contributed by atoms with Gasteiger partial charge in [-0.25, -0.2) is 0 Å². The Labute approximate surface area is 124 Å². The highest BCUT2D eigenvalue weighted by molar-refractivity contribution is 7.75. The van der Waals surface area contributed by atoms with E-state index in [1.165, 1.54) is 6.07 Å². The van der Waals surface area contributed by atoms with Crippen LogP contribution in [0.4, 0.5) is 5.69 Å². The zero-order chi connectivity index (χ0) is 15.2. The van der Waals surface area contributed by atoms with Gasteiger partial charge >= 0.3 is 11.4 Å². The molecule has 2 aromatic carbocycles. The molecule has 0 heterocycles. The summed E-state index contributed by atoms with van der Waals surface area (Å²) in [7, 11) is 0. The number of hydrogen-bond acceptors (Lipinski definition) is 5. The highest BCUT2D eigenvalue weighted by Crippen LogP contribution is 2.19. The quantitative estimate of drug-likeness (QED) is 0.605. The van der Waals surface area contributed by atoms with Gasteiger partial charge in [0.05, 0.1) is 17.1 Å². The highest BCUT2D eigenvalue weighted by Gasteiger charge is 2.14. The van der Waals surface area contributed by atoms with Crippen molar-refractivity contribution in [3.8, 4) is 5.75 Å². The summed E-state index contributed by atoms with van der Waals surface area (Å²) in [5, 5.41) is 10.8. The number of aryl methyl sites for hydroxylation is 1. The van der Waals surface area contributed by atoms with E-state index in [9.17, 15) is 14.3 Å². The number of para-hydroxylation sites is 1. The Bertz CT molecular complexity index is 657. The summed E-state index contributed by atoms with van der Waals surface area (Å²) in [4.78, 5) is 10.3. The summed E-state index contributed by atoms with van der Waals surface area (Å²) in [5.41, 5.74) is 1.31. The van der Waals surface area contributed by atoms with Crippen molar-refractivity contribution in [2.24, 2.45) is 0 Å². The fourth-order valence-corrected chi connectivity index (χ4v) is 2.16. The fourth-order valence-electron chi connectivity index (χ4n) is 1.62. The van der Waals surface area contributed by atoms with E-state index in [1.807, 2.05) is 19.1 Å². The lowest BCUT2D eigenvalue weighted by Gasteiger charge is -2.06. The van der Waals surface area contributed by atoms with Gasteiger partial charge in [-0.2, -0.15) is 4.21 Å². The van der Waals surface area contributed by atoms with Gasteiger partial charge < -0.3 is 4.18 Å². The lowest BCUT2D eigenvalue weighted by molar-refractivity contribution is -0.385. The zero-order valence-corrected chi connectivity index (χ0v) is 12.0. The van der Waals surface area contributed by atoms with Crippen LogP contribution in [0.15, 0.2) is 48.5 Å². The smallest absolute Gasteiger partial charge is 0.360 e. The molecule has 110 valence electrons. The monoisotopic (exact) mass is 307 g/mol. The van der Waals surface area contributed by atoms with Crippen LogP contribution < -0.4 is 4.18 Å². The molecule has 1 atom stereocenters. The molecule has 0 N–H and O–H groups in total. The van der Waals surface area contributed by atoms with Gasteiger partial charge in [0, 0.05) is 6.07 Å². The number of rotatable bonds is 6. The molecule has 0 saturated carbocycles. The van der Waals surface area contributed by atoms with Crippen LogP contribution in [-0.4, -0.2) is 9.13 Å². The molecule has 0 aromatic heterocycles. The van der Waals surface area contributed by atoms with Gasteiger partial charge in [0.2, 0.25) is 0 Å². The van der Waals surface area contributed by atoms with E-state index < -0.39 is 16.3 Å². The van der Waals surface area contributed by atoms with E-state index in [0.717, 1.165) is 5.56 Å². The second-order valence-electron chi connectivity index (χ2n) is 4.25. The number of nitrogens with zero attached hydrogens (tertiary/aromatic N) is 1. The number of nitro groups is 1. The van der Waals surface area contributed by atoms with Gasteiger partial charge in [-0.15, -0.1) is 0 Å². The lowest BCUT2D eigenvalue weighted by Crippen LogP contribution is -2.06. The van der Waals surface area contributed by atoms with Crippen molar-refractivity contribution in [3.63, 3.8) is 0 Å². The first-order valence-electron chi connectivity index (χ1n) is 6.08. The van der Waals surface area contributed by atoms with E-state index in [2.05, 4.69) is 0 Å². The predicted octanol–water partition coefficient (Wildman–Crippen LogP) is 3.08. The van der Waals surface area contributed by atoms with Crippen molar-refractivity contribution in [1.82, 2.24) is 0 Å². The minimum atomic E-state index is -2.02. The molecule has 0 spiro atoms. The molecule has 0 amide bonds. The SMILES string of the molecule is Cc1ccc(OS(=O)OCc2ccccc2[N+](=O)[O-])cc1.